The van der Waals surface area contributed by atoms with E-state index in [1.165, 1.54) is 0 Å². The van der Waals surface area contributed by atoms with Crippen LogP contribution in [0.1, 0.15) is 29.2 Å². The second-order valence-corrected chi connectivity index (χ2v) is 3.99. The van der Waals surface area contributed by atoms with Gasteiger partial charge in [-0.2, -0.15) is 0 Å². The number of aryl methyl sites for hydroxylation is 2. The first kappa shape index (κ1) is 8.07. The molecule has 98 valence electrons. The van der Waals surface area contributed by atoms with Crippen LogP contribution in [0, 0.1) is 13.8 Å². The molecule has 0 aliphatic carbocycles. The van der Waals surface area contributed by atoms with Gasteiger partial charge in [0, 0.05) is 27.7 Å². The standard InChI is InChI=1S/C15H16N2O2/c1-10-3-5-13(6-4-10)17-8-14-12(9-18)7-16-11(2)15(14)19/h3-8,18-19H,9H2,1-2H3/i2D3,9D2. The Hall–Kier alpha value is -2.20. The number of aromatic nitrogens is 1. The fraction of sp³-hybridized carbons (Fsp3) is 0.200. The molecule has 19 heavy (non-hydrogen) atoms. The van der Waals surface area contributed by atoms with E-state index in [1.807, 2.05) is 19.1 Å². The molecule has 0 spiro atoms. The highest BCUT2D eigenvalue weighted by Crippen LogP contribution is 2.23. The first-order valence-electron chi connectivity index (χ1n) is 8.06. The van der Waals surface area contributed by atoms with Crippen molar-refractivity contribution in [3.63, 3.8) is 0 Å². The Morgan fingerprint density at radius 1 is 1.42 bits per heavy atom. The summed E-state index contributed by atoms with van der Waals surface area (Å²) in [6.45, 7) is -3.59. The van der Waals surface area contributed by atoms with Gasteiger partial charge in [0.1, 0.15) is 5.75 Å². The van der Waals surface area contributed by atoms with Crippen molar-refractivity contribution in [1.29, 1.82) is 0 Å². The molecule has 1 heterocycles. The number of hydrogen-bond acceptors (Lipinski definition) is 4. The molecule has 2 N–H and O–H groups in total. The van der Waals surface area contributed by atoms with Crippen LogP contribution in [0.2, 0.25) is 0 Å². The molecule has 0 saturated heterocycles. The van der Waals surface area contributed by atoms with Gasteiger partial charge in [-0.1, -0.05) is 17.7 Å². The maximum atomic E-state index is 10.2. The minimum absolute atomic E-state index is 0.232. The number of pyridine rings is 1. The van der Waals surface area contributed by atoms with Crippen LogP contribution in [0.25, 0.3) is 0 Å². The first-order chi connectivity index (χ1) is 11.0. The molecule has 4 nitrogen and oxygen atoms in total. The van der Waals surface area contributed by atoms with E-state index in [4.69, 9.17) is 6.85 Å². The summed E-state index contributed by atoms with van der Waals surface area (Å²) in [7, 11) is 0. The van der Waals surface area contributed by atoms with E-state index < -0.39 is 24.9 Å². The summed E-state index contributed by atoms with van der Waals surface area (Å²) in [5.41, 5.74) is 0.364. The monoisotopic (exact) mass is 261 g/mol. The van der Waals surface area contributed by atoms with E-state index in [0.29, 0.717) is 5.69 Å². The van der Waals surface area contributed by atoms with E-state index in [1.54, 1.807) is 12.1 Å². The van der Waals surface area contributed by atoms with Crippen LogP contribution >= 0.6 is 0 Å². The number of benzene rings is 1. The van der Waals surface area contributed by atoms with Gasteiger partial charge in [-0.25, -0.2) is 0 Å². The molecule has 2 aromatic rings. The molecule has 0 amide bonds. The Morgan fingerprint density at radius 3 is 2.79 bits per heavy atom. The molecule has 0 fully saturated rings. The number of hydrogen-bond donors (Lipinski definition) is 2. The molecule has 0 atom stereocenters. The Morgan fingerprint density at radius 2 is 2.16 bits per heavy atom. The summed E-state index contributed by atoms with van der Waals surface area (Å²) < 4.78 is 36.9. The zero-order valence-electron chi connectivity index (χ0n) is 15.3. The molecule has 0 unspecified atom stereocenters. The largest absolute Gasteiger partial charge is 0.505 e. The molecule has 2 rings (SSSR count). The second-order valence-electron chi connectivity index (χ2n) is 3.99. The molecule has 0 aliphatic rings. The van der Waals surface area contributed by atoms with Crippen LogP contribution in [0.4, 0.5) is 5.69 Å². The van der Waals surface area contributed by atoms with Crippen LogP contribution in [0.15, 0.2) is 35.5 Å². The maximum absolute atomic E-state index is 10.2. The lowest BCUT2D eigenvalue weighted by atomic mass is 10.1. The smallest absolute Gasteiger partial charge is 0.145 e. The van der Waals surface area contributed by atoms with E-state index >= 15 is 0 Å². The van der Waals surface area contributed by atoms with Gasteiger partial charge in [-0.15, -0.1) is 0 Å². The van der Waals surface area contributed by atoms with E-state index in [9.17, 15) is 10.2 Å². The molecule has 4 heteroatoms. The van der Waals surface area contributed by atoms with Crippen molar-refractivity contribution in [2.75, 3.05) is 0 Å². The summed E-state index contributed by atoms with van der Waals surface area (Å²) in [4.78, 5) is 7.67. The highest BCUT2D eigenvalue weighted by molar-refractivity contribution is 5.87. The van der Waals surface area contributed by atoms with Gasteiger partial charge in [-0.3, -0.25) is 9.98 Å². The molecule has 0 saturated carbocycles. The zero-order valence-corrected chi connectivity index (χ0v) is 10.3. The van der Waals surface area contributed by atoms with Crippen LogP contribution in [0.3, 0.4) is 0 Å². The van der Waals surface area contributed by atoms with Crippen molar-refractivity contribution < 1.29 is 17.1 Å². The average molecular weight is 261 g/mol. The van der Waals surface area contributed by atoms with Crippen molar-refractivity contribution in [1.82, 2.24) is 4.98 Å². The van der Waals surface area contributed by atoms with Gasteiger partial charge >= 0.3 is 0 Å². The predicted molar refractivity (Wildman–Crippen MR) is 75.0 cm³/mol. The third-order valence-corrected chi connectivity index (χ3v) is 2.59. The number of aliphatic hydroxyl groups is 1. The highest BCUT2D eigenvalue weighted by Gasteiger charge is 2.09. The number of aromatic hydroxyl groups is 1. The lowest BCUT2D eigenvalue weighted by Crippen LogP contribution is -1.97. The van der Waals surface area contributed by atoms with Gasteiger partial charge in [0.05, 0.1) is 20.7 Å². The molecular formula is C15H16N2O2. The van der Waals surface area contributed by atoms with Gasteiger partial charge in [0.2, 0.25) is 0 Å². The lowest BCUT2D eigenvalue weighted by Gasteiger charge is -2.06. The summed E-state index contributed by atoms with van der Waals surface area (Å²) in [6.07, 6.45) is 2.00. The van der Waals surface area contributed by atoms with E-state index in [2.05, 4.69) is 9.98 Å². The maximum Gasteiger partial charge on any atom is 0.145 e. The van der Waals surface area contributed by atoms with Crippen LogP contribution in [0.5, 0.6) is 5.75 Å². The zero-order chi connectivity index (χ0) is 18.1. The lowest BCUT2D eigenvalue weighted by molar-refractivity contribution is 0.280. The normalized spacial score (nSPS) is 16.4. The van der Waals surface area contributed by atoms with Crippen molar-refractivity contribution in [3.05, 3.63) is 52.8 Å². The number of aliphatic imine (C=N–C) groups is 1. The van der Waals surface area contributed by atoms with Gasteiger partial charge in [0.15, 0.2) is 0 Å². The fourth-order valence-electron chi connectivity index (χ4n) is 1.50. The fourth-order valence-corrected chi connectivity index (χ4v) is 1.50. The molecule has 1 aromatic heterocycles. The van der Waals surface area contributed by atoms with Gasteiger partial charge in [0.25, 0.3) is 0 Å². The summed E-state index contributed by atoms with van der Waals surface area (Å²) in [6, 6.07) is 7.06. The predicted octanol–water partition coefficient (Wildman–Crippen LogP) is 2.65. The molecule has 0 bridgehead atoms. The quantitative estimate of drug-likeness (QED) is 0.835. The third-order valence-electron chi connectivity index (χ3n) is 2.59. The van der Waals surface area contributed by atoms with Gasteiger partial charge in [-0.05, 0) is 25.9 Å². The average Bonchev–Trinajstić information content (AvgIpc) is 2.45. The minimum atomic E-state index is -2.81. The number of nitrogens with zero attached hydrogens (tertiary/aromatic N) is 2. The highest BCUT2D eigenvalue weighted by atomic mass is 16.3. The summed E-state index contributed by atoms with van der Waals surface area (Å²) >= 11 is 0. The Kier molecular flexibility index (Phi) is 2.39. The van der Waals surface area contributed by atoms with Crippen LogP contribution in [-0.4, -0.2) is 21.4 Å². The molecular weight excluding hydrogens is 240 g/mol. The van der Waals surface area contributed by atoms with E-state index in [-0.39, 0.29) is 11.1 Å². The second kappa shape index (κ2) is 5.63. The van der Waals surface area contributed by atoms with Crippen molar-refractivity contribution in [2.24, 2.45) is 4.99 Å². The topological polar surface area (TPSA) is 65.7 Å². The molecule has 0 aliphatic heterocycles. The third kappa shape index (κ3) is 2.98. The Balaban J connectivity index is 2.58. The van der Waals surface area contributed by atoms with Crippen LogP contribution in [-0.2, 0) is 6.56 Å². The Labute approximate surface area is 119 Å². The first-order valence-corrected chi connectivity index (χ1v) is 5.56. The molecule has 0 radical (unpaired) electrons. The van der Waals surface area contributed by atoms with Crippen LogP contribution < -0.4 is 0 Å². The van der Waals surface area contributed by atoms with Gasteiger partial charge < -0.3 is 10.2 Å². The number of rotatable bonds is 3. The summed E-state index contributed by atoms with van der Waals surface area (Å²) in [5.74, 6) is -0.735. The van der Waals surface area contributed by atoms with E-state index in [0.717, 1.165) is 18.0 Å². The summed E-state index contributed by atoms with van der Waals surface area (Å²) in [5, 5.41) is 19.8. The van der Waals surface area contributed by atoms with Crippen molar-refractivity contribution in [3.8, 4) is 5.75 Å². The minimum Gasteiger partial charge on any atom is -0.505 e. The van der Waals surface area contributed by atoms with Crippen molar-refractivity contribution in [2.45, 2.75) is 20.3 Å². The SMILES string of the molecule is [2H]C([2H])([2H])c1ncc(C([2H])([2H])O)c(C=Nc2ccc(C)cc2)c1O. The van der Waals surface area contributed by atoms with Crippen molar-refractivity contribution >= 4 is 11.9 Å². The Bertz CT molecular complexity index is 765. The molecule has 1 aromatic carbocycles.